The van der Waals surface area contributed by atoms with Crippen LogP contribution in [0.1, 0.15) is 44.9 Å². The smallest absolute Gasteiger partial charge is 0.242 e. The molecule has 1 aliphatic carbocycles. The highest BCUT2D eigenvalue weighted by Gasteiger charge is 2.39. The van der Waals surface area contributed by atoms with Gasteiger partial charge in [-0.3, -0.25) is 4.79 Å². The Bertz CT molecular complexity index is 457. The lowest BCUT2D eigenvalue weighted by molar-refractivity contribution is -0.139. The van der Waals surface area contributed by atoms with Crippen LogP contribution in [0.25, 0.3) is 0 Å². The average Bonchev–Trinajstić information content (AvgIpc) is 2.37. The topological polar surface area (TPSA) is 92.5 Å². The summed E-state index contributed by atoms with van der Waals surface area (Å²) in [5.41, 5.74) is 5.55. The van der Waals surface area contributed by atoms with Gasteiger partial charge >= 0.3 is 0 Å². The Labute approximate surface area is 121 Å². The van der Waals surface area contributed by atoms with E-state index in [1.165, 1.54) is 0 Å². The number of nitrogens with two attached hydrogens (primary N) is 1. The predicted octanol–water partition coefficient (Wildman–Crippen LogP) is 0.188. The summed E-state index contributed by atoms with van der Waals surface area (Å²) in [5.74, 6) is -0.00259. The number of piperidine rings is 1. The van der Waals surface area contributed by atoms with Crippen LogP contribution in [0, 0.1) is 0 Å². The second kappa shape index (κ2) is 5.99. The number of sulfonamides is 1. The predicted molar refractivity (Wildman–Crippen MR) is 77.6 cm³/mol. The SMILES string of the molecule is CS(=O)(=O)NC1CCCN(C(=O)C2(N)CCCCC2)C1. The van der Waals surface area contributed by atoms with E-state index in [1.807, 2.05) is 0 Å². The standard InChI is InChI=1S/C13H25N3O3S/c1-20(18,19)15-11-6-5-9-16(10-11)12(17)13(14)7-3-2-4-8-13/h11,15H,2-10,14H2,1H3. The van der Waals surface area contributed by atoms with Gasteiger partial charge in [-0.1, -0.05) is 19.3 Å². The van der Waals surface area contributed by atoms with Crippen LogP contribution in [0.15, 0.2) is 0 Å². The number of nitrogens with one attached hydrogen (secondary N) is 1. The van der Waals surface area contributed by atoms with Gasteiger partial charge in [0, 0.05) is 19.1 Å². The third-order valence-electron chi connectivity index (χ3n) is 4.26. The molecule has 20 heavy (non-hydrogen) atoms. The van der Waals surface area contributed by atoms with Gasteiger partial charge in [0.2, 0.25) is 15.9 Å². The van der Waals surface area contributed by atoms with Crippen molar-refractivity contribution in [1.82, 2.24) is 9.62 Å². The molecule has 0 aromatic heterocycles. The van der Waals surface area contributed by atoms with Crippen molar-refractivity contribution >= 4 is 15.9 Å². The van der Waals surface area contributed by atoms with Crippen LogP contribution in [0.4, 0.5) is 0 Å². The van der Waals surface area contributed by atoms with Gasteiger partial charge in [-0.05, 0) is 25.7 Å². The van der Waals surface area contributed by atoms with Crippen molar-refractivity contribution in [2.75, 3.05) is 19.3 Å². The second-order valence-corrected chi connectivity index (χ2v) is 7.98. The van der Waals surface area contributed by atoms with E-state index in [4.69, 9.17) is 5.73 Å². The van der Waals surface area contributed by atoms with Gasteiger partial charge in [-0.2, -0.15) is 0 Å². The largest absolute Gasteiger partial charge is 0.340 e. The molecule has 0 aromatic rings. The molecule has 0 aromatic carbocycles. The maximum atomic E-state index is 12.6. The molecule has 2 rings (SSSR count). The number of amides is 1. The molecular formula is C13H25N3O3S. The number of rotatable bonds is 3. The number of likely N-dealkylation sites (tertiary alicyclic amines) is 1. The number of hydrogen-bond acceptors (Lipinski definition) is 4. The fourth-order valence-electron chi connectivity index (χ4n) is 3.27. The third-order valence-corrected chi connectivity index (χ3v) is 5.02. The van der Waals surface area contributed by atoms with Gasteiger partial charge in [0.05, 0.1) is 11.8 Å². The Hall–Kier alpha value is -0.660. The van der Waals surface area contributed by atoms with E-state index >= 15 is 0 Å². The highest BCUT2D eigenvalue weighted by molar-refractivity contribution is 7.88. The molecule has 0 radical (unpaired) electrons. The first-order valence-corrected chi connectivity index (χ1v) is 9.25. The van der Waals surface area contributed by atoms with Crippen molar-refractivity contribution in [3.63, 3.8) is 0 Å². The minimum Gasteiger partial charge on any atom is -0.340 e. The van der Waals surface area contributed by atoms with Crippen molar-refractivity contribution < 1.29 is 13.2 Å². The molecule has 1 saturated carbocycles. The Morgan fingerprint density at radius 3 is 2.50 bits per heavy atom. The van der Waals surface area contributed by atoms with Gasteiger partial charge in [0.15, 0.2) is 0 Å². The molecule has 2 fully saturated rings. The highest BCUT2D eigenvalue weighted by Crippen LogP contribution is 2.28. The lowest BCUT2D eigenvalue weighted by Gasteiger charge is -2.40. The van der Waals surface area contributed by atoms with Crippen molar-refractivity contribution in [2.24, 2.45) is 5.73 Å². The number of hydrogen-bond donors (Lipinski definition) is 2. The Kier molecular flexibility index (Phi) is 4.71. The fourth-order valence-corrected chi connectivity index (χ4v) is 4.07. The molecule has 1 aliphatic heterocycles. The van der Waals surface area contributed by atoms with Crippen LogP contribution < -0.4 is 10.5 Å². The normalized spacial score (nSPS) is 27.3. The summed E-state index contributed by atoms with van der Waals surface area (Å²) in [4.78, 5) is 14.4. The quantitative estimate of drug-likeness (QED) is 0.778. The summed E-state index contributed by atoms with van der Waals surface area (Å²) in [6.45, 7) is 1.12. The summed E-state index contributed by atoms with van der Waals surface area (Å²) in [6.07, 6.45) is 7.37. The summed E-state index contributed by atoms with van der Waals surface area (Å²) < 4.78 is 25.2. The molecular weight excluding hydrogens is 278 g/mol. The van der Waals surface area contributed by atoms with Crippen molar-refractivity contribution in [3.05, 3.63) is 0 Å². The zero-order valence-corrected chi connectivity index (χ0v) is 12.9. The van der Waals surface area contributed by atoms with Crippen molar-refractivity contribution in [2.45, 2.75) is 56.5 Å². The molecule has 2 aliphatic rings. The lowest BCUT2D eigenvalue weighted by atomic mass is 9.81. The van der Waals surface area contributed by atoms with E-state index in [9.17, 15) is 13.2 Å². The maximum Gasteiger partial charge on any atom is 0.242 e. The number of carbonyl (C=O) groups is 1. The zero-order chi connectivity index (χ0) is 14.8. The van der Waals surface area contributed by atoms with E-state index in [0.29, 0.717) is 13.1 Å². The minimum atomic E-state index is -3.23. The molecule has 116 valence electrons. The second-order valence-electron chi connectivity index (χ2n) is 6.20. The van der Waals surface area contributed by atoms with Crippen LogP contribution in [0.3, 0.4) is 0 Å². The maximum absolute atomic E-state index is 12.6. The van der Waals surface area contributed by atoms with Crippen molar-refractivity contribution in [1.29, 1.82) is 0 Å². The fraction of sp³-hybridized carbons (Fsp3) is 0.923. The van der Waals surface area contributed by atoms with Gasteiger partial charge in [-0.15, -0.1) is 0 Å². The first-order chi connectivity index (χ1) is 9.30. The van der Waals surface area contributed by atoms with E-state index in [2.05, 4.69) is 4.72 Å². The Morgan fingerprint density at radius 1 is 1.25 bits per heavy atom. The molecule has 0 bridgehead atoms. The van der Waals surface area contributed by atoms with E-state index in [1.54, 1.807) is 4.90 Å². The molecule has 1 saturated heterocycles. The van der Waals surface area contributed by atoms with Crippen LogP contribution in [0.2, 0.25) is 0 Å². The third kappa shape index (κ3) is 3.93. The van der Waals surface area contributed by atoms with Crippen LogP contribution in [-0.4, -0.2) is 50.2 Å². The number of carbonyl (C=O) groups excluding carboxylic acids is 1. The summed E-state index contributed by atoms with van der Waals surface area (Å²) >= 11 is 0. The summed E-state index contributed by atoms with van der Waals surface area (Å²) in [7, 11) is -3.23. The van der Waals surface area contributed by atoms with Crippen LogP contribution in [-0.2, 0) is 14.8 Å². The highest BCUT2D eigenvalue weighted by atomic mass is 32.2. The monoisotopic (exact) mass is 303 g/mol. The first kappa shape index (κ1) is 15.7. The summed E-state index contributed by atoms with van der Waals surface area (Å²) in [6, 6.07) is -0.185. The van der Waals surface area contributed by atoms with Crippen molar-refractivity contribution in [3.8, 4) is 0 Å². The zero-order valence-electron chi connectivity index (χ0n) is 12.1. The Morgan fingerprint density at radius 2 is 1.90 bits per heavy atom. The average molecular weight is 303 g/mol. The molecule has 7 heteroatoms. The molecule has 1 amide bonds. The molecule has 6 nitrogen and oxygen atoms in total. The minimum absolute atomic E-state index is 0.00259. The molecule has 1 unspecified atom stereocenters. The molecule has 1 heterocycles. The van der Waals surface area contributed by atoms with Gasteiger partial charge in [-0.25, -0.2) is 13.1 Å². The lowest BCUT2D eigenvalue weighted by Crippen LogP contribution is -2.60. The van der Waals surface area contributed by atoms with E-state index in [0.717, 1.165) is 51.2 Å². The molecule has 0 spiro atoms. The van der Waals surface area contributed by atoms with E-state index < -0.39 is 15.6 Å². The molecule has 3 N–H and O–H groups in total. The first-order valence-electron chi connectivity index (χ1n) is 7.36. The van der Waals surface area contributed by atoms with Gasteiger partial charge < -0.3 is 10.6 Å². The molecule has 1 atom stereocenters. The van der Waals surface area contributed by atoms with E-state index in [-0.39, 0.29) is 11.9 Å². The van der Waals surface area contributed by atoms with Crippen LogP contribution >= 0.6 is 0 Å². The van der Waals surface area contributed by atoms with Gasteiger partial charge in [0.25, 0.3) is 0 Å². The summed E-state index contributed by atoms with van der Waals surface area (Å²) in [5, 5.41) is 0. The van der Waals surface area contributed by atoms with Crippen LogP contribution in [0.5, 0.6) is 0 Å². The van der Waals surface area contributed by atoms with Gasteiger partial charge in [0.1, 0.15) is 0 Å². The Balaban J connectivity index is 1.99. The number of nitrogens with zero attached hydrogens (tertiary/aromatic N) is 1.